The minimum absolute atomic E-state index is 0.893. The fraction of sp³-hybridized carbons (Fsp3) is 0.238. The first kappa shape index (κ1) is 15.9. The minimum Gasteiger partial charge on any atom is -0.497 e. The van der Waals surface area contributed by atoms with Crippen LogP contribution in [-0.2, 0) is 0 Å². The molecule has 3 heterocycles. The van der Waals surface area contributed by atoms with Gasteiger partial charge in [-0.2, -0.15) is 0 Å². The van der Waals surface area contributed by atoms with Gasteiger partial charge in [-0.25, -0.2) is 4.98 Å². The molecule has 0 amide bonds. The van der Waals surface area contributed by atoms with Crippen molar-refractivity contribution in [3.63, 3.8) is 0 Å². The lowest BCUT2D eigenvalue weighted by Crippen LogP contribution is -2.48. The van der Waals surface area contributed by atoms with Crippen LogP contribution in [0.2, 0.25) is 0 Å². The summed E-state index contributed by atoms with van der Waals surface area (Å²) in [4.78, 5) is 16.3. The molecule has 2 aromatic carbocycles. The number of anilines is 2. The Bertz CT molecular complexity index is 1080. The fourth-order valence-corrected chi connectivity index (χ4v) is 3.89. The number of para-hydroxylation sites is 1. The smallest absolute Gasteiger partial charge is 0.249 e. The monoisotopic (exact) mass is 360 g/mol. The number of aromatic amines is 2. The van der Waals surface area contributed by atoms with Gasteiger partial charge in [0.25, 0.3) is 0 Å². The zero-order chi connectivity index (χ0) is 18.2. The van der Waals surface area contributed by atoms with E-state index in [9.17, 15) is 0 Å². The van der Waals surface area contributed by atoms with Crippen molar-refractivity contribution in [2.75, 3.05) is 43.1 Å². The molecule has 1 saturated heterocycles. The van der Waals surface area contributed by atoms with Crippen molar-refractivity contribution in [1.82, 2.24) is 9.97 Å². The van der Waals surface area contributed by atoms with E-state index in [0.29, 0.717) is 0 Å². The Labute approximate surface area is 157 Å². The Morgan fingerprint density at radius 1 is 0.963 bits per heavy atom. The number of H-pyrrole nitrogens is 2. The van der Waals surface area contributed by atoms with Gasteiger partial charge in [0.15, 0.2) is 11.0 Å². The maximum Gasteiger partial charge on any atom is 0.249 e. The number of nitrogens with zero attached hydrogens (tertiary/aromatic N) is 3. The zero-order valence-electron chi connectivity index (χ0n) is 15.3. The topological polar surface area (TPSA) is 58.5 Å². The Hall–Kier alpha value is -3.28. The molecule has 1 aliphatic rings. The second kappa shape index (κ2) is 6.46. The van der Waals surface area contributed by atoms with Crippen LogP contribution in [0.15, 0.2) is 54.9 Å². The Balaban J connectivity index is 1.40. The van der Waals surface area contributed by atoms with E-state index in [0.717, 1.165) is 54.3 Å². The van der Waals surface area contributed by atoms with Crippen molar-refractivity contribution in [1.29, 1.82) is 0 Å². The van der Waals surface area contributed by atoms with E-state index in [1.165, 1.54) is 11.1 Å². The highest BCUT2D eigenvalue weighted by molar-refractivity contribution is 6.07. The van der Waals surface area contributed by atoms with Gasteiger partial charge in [0.2, 0.25) is 12.1 Å². The van der Waals surface area contributed by atoms with Crippen molar-refractivity contribution in [2.45, 2.75) is 0 Å². The SMILES string of the molecule is COc1ccc(N2CCN(c3[nH+]cnc4c3[nH]c3ccccc34)CC2)cc1. The maximum absolute atomic E-state index is 5.26. The van der Waals surface area contributed by atoms with Gasteiger partial charge in [-0.05, 0) is 36.4 Å². The van der Waals surface area contributed by atoms with Crippen LogP contribution >= 0.6 is 0 Å². The first-order valence-electron chi connectivity index (χ1n) is 9.24. The van der Waals surface area contributed by atoms with Crippen LogP contribution < -0.4 is 19.5 Å². The van der Waals surface area contributed by atoms with Gasteiger partial charge in [0, 0.05) is 29.7 Å². The summed E-state index contributed by atoms with van der Waals surface area (Å²) in [6.07, 6.45) is 1.80. The number of hydrogen-bond donors (Lipinski definition) is 1. The molecule has 4 aromatic rings. The standard InChI is InChI=1S/C21H21N5O/c1-27-16-8-6-15(7-9-16)25-10-12-26(13-11-25)21-20-19(22-14-23-21)17-4-2-3-5-18(17)24-20/h2-9,14,24H,10-13H2,1H3/p+1. The first-order valence-corrected chi connectivity index (χ1v) is 9.24. The summed E-state index contributed by atoms with van der Waals surface area (Å²) >= 11 is 0. The molecular formula is C21H22N5O+. The molecule has 0 saturated carbocycles. The number of nitrogens with one attached hydrogen (secondary N) is 2. The Kier molecular flexibility index (Phi) is 3.81. The summed E-state index contributed by atoms with van der Waals surface area (Å²) in [6, 6.07) is 16.6. The highest BCUT2D eigenvalue weighted by atomic mass is 16.5. The van der Waals surface area contributed by atoms with Crippen LogP contribution in [0.1, 0.15) is 0 Å². The van der Waals surface area contributed by atoms with E-state index in [4.69, 9.17) is 4.74 Å². The molecule has 0 radical (unpaired) electrons. The number of fused-ring (bicyclic) bond motifs is 3. The molecule has 27 heavy (non-hydrogen) atoms. The van der Waals surface area contributed by atoms with E-state index in [2.05, 4.69) is 61.1 Å². The van der Waals surface area contributed by atoms with Crippen molar-refractivity contribution in [2.24, 2.45) is 0 Å². The van der Waals surface area contributed by atoms with Crippen LogP contribution in [0.4, 0.5) is 11.5 Å². The molecule has 1 aliphatic heterocycles. The lowest BCUT2D eigenvalue weighted by atomic mass is 10.2. The average molecular weight is 360 g/mol. The van der Waals surface area contributed by atoms with Crippen molar-refractivity contribution in [3.05, 3.63) is 54.9 Å². The molecule has 0 atom stereocenters. The summed E-state index contributed by atoms with van der Waals surface area (Å²) in [5.41, 5.74) is 4.47. The predicted molar refractivity (Wildman–Crippen MR) is 108 cm³/mol. The van der Waals surface area contributed by atoms with E-state index in [1.54, 1.807) is 13.4 Å². The molecule has 2 N–H and O–H groups in total. The second-order valence-electron chi connectivity index (χ2n) is 6.82. The van der Waals surface area contributed by atoms with Gasteiger partial charge in [-0.15, -0.1) is 4.98 Å². The van der Waals surface area contributed by atoms with E-state index >= 15 is 0 Å². The molecule has 6 heteroatoms. The van der Waals surface area contributed by atoms with E-state index in [1.807, 2.05) is 12.1 Å². The lowest BCUT2D eigenvalue weighted by molar-refractivity contribution is -0.367. The highest BCUT2D eigenvalue weighted by Crippen LogP contribution is 2.28. The van der Waals surface area contributed by atoms with Gasteiger partial charge < -0.3 is 14.6 Å². The molecular weight excluding hydrogens is 338 g/mol. The normalized spacial score (nSPS) is 14.9. The van der Waals surface area contributed by atoms with Gasteiger partial charge in [-0.3, -0.25) is 4.90 Å². The molecule has 0 spiro atoms. The maximum atomic E-state index is 5.26. The zero-order valence-corrected chi connectivity index (χ0v) is 15.3. The van der Waals surface area contributed by atoms with Gasteiger partial charge in [0.05, 0.1) is 20.2 Å². The summed E-state index contributed by atoms with van der Waals surface area (Å²) in [6.45, 7) is 3.86. The number of benzene rings is 2. The van der Waals surface area contributed by atoms with Gasteiger partial charge in [0.1, 0.15) is 5.75 Å². The predicted octanol–water partition coefficient (Wildman–Crippen LogP) is 2.87. The van der Waals surface area contributed by atoms with Crippen molar-refractivity contribution >= 4 is 33.4 Å². The molecule has 6 nitrogen and oxygen atoms in total. The van der Waals surface area contributed by atoms with Crippen LogP contribution in [0, 0.1) is 0 Å². The van der Waals surface area contributed by atoms with Crippen LogP contribution in [0.25, 0.3) is 21.9 Å². The van der Waals surface area contributed by atoms with E-state index in [-0.39, 0.29) is 0 Å². The number of piperazine rings is 1. The third kappa shape index (κ3) is 2.73. The number of ether oxygens (including phenoxy) is 1. The Morgan fingerprint density at radius 2 is 1.70 bits per heavy atom. The highest BCUT2D eigenvalue weighted by Gasteiger charge is 2.25. The summed E-state index contributed by atoms with van der Waals surface area (Å²) in [5.74, 6) is 2.01. The van der Waals surface area contributed by atoms with E-state index < -0.39 is 0 Å². The molecule has 0 bridgehead atoms. The van der Waals surface area contributed by atoms with Gasteiger partial charge >= 0.3 is 0 Å². The third-order valence-electron chi connectivity index (χ3n) is 5.34. The molecule has 0 aliphatic carbocycles. The third-order valence-corrected chi connectivity index (χ3v) is 5.34. The van der Waals surface area contributed by atoms with Crippen LogP contribution in [0.5, 0.6) is 5.75 Å². The quantitative estimate of drug-likeness (QED) is 0.610. The molecule has 136 valence electrons. The Morgan fingerprint density at radius 3 is 2.48 bits per heavy atom. The van der Waals surface area contributed by atoms with Crippen LogP contribution in [-0.4, -0.2) is 43.3 Å². The number of methoxy groups -OCH3 is 1. The molecule has 0 unspecified atom stereocenters. The molecule has 5 rings (SSSR count). The molecule has 1 fully saturated rings. The number of hydrogen-bond acceptors (Lipinski definition) is 4. The summed E-state index contributed by atoms with van der Waals surface area (Å²) in [7, 11) is 1.70. The second-order valence-corrected chi connectivity index (χ2v) is 6.82. The minimum atomic E-state index is 0.893. The average Bonchev–Trinajstić information content (AvgIpc) is 3.13. The van der Waals surface area contributed by atoms with Gasteiger partial charge in [-0.1, -0.05) is 12.1 Å². The number of aromatic nitrogens is 3. The largest absolute Gasteiger partial charge is 0.497 e. The fourth-order valence-electron chi connectivity index (χ4n) is 3.89. The number of rotatable bonds is 3. The summed E-state index contributed by atoms with van der Waals surface area (Å²) in [5, 5.41) is 1.17. The van der Waals surface area contributed by atoms with Crippen LogP contribution in [0.3, 0.4) is 0 Å². The van der Waals surface area contributed by atoms with Crippen molar-refractivity contribution in [3.8, 4) is 5.75 Å². The summed E-state index contributed by atoms with van der Waals surface area (Å²) < 4.78 is 5.26. The molecule has 2 aromatic heterocycles. The lowest BCUT2D eigenvalue weighted by Gasteiger charge is -2.33. The van der Waals surface area contributed by atoms with Crippen molar-refractivity contribution < 1.29 is 9.72 Å². The first-order chi connectivity index (χ1) is 13.3.